The Labute approximate surface area is 61.2 Å². The second-order valence-electron chi connectivity index (χ2n) is 3.18. The van der Waals surface area contributed by atoms with Gasteiger partial charge in [0.1, 0.15) is 0 Å². The van der Waals surface area contributed by atoms with Crippen molar-refractivity contribution in [3.63, 3.8) is 0 Å². The molecule has 0 aromatic carbocycles. The van der Waals surface area contributed by atoms with Crippen LogP contribution in [0.15, 0.2) is 0 Å². The summed E-state index contributed by atoms with van der Waals surface area (Å²) in [6.45, 7) is 4.29. The van der Waals surface area contributed by atoms with Crippen LogP contribution in [0.3, 0.4) is 0 Å². The zero-order valence-corrected chi connectivity index (χ0v) is 6.98. The Morgan fingerprint density at radius 3 is 2.00 bits per heavy atom. The molecule has 4 nitrogen and oxygen atoms in total. The first-order valence-corrected chi connectivity index (χ1v) is 4.65. The van der Waals surface area contributed by atoms with Crippen LogP contribution >= 0.6 is 0 Å². The molecular weight excluding hydrogens is 152 g/mol. The highest BCUT2D eigenvalue weighted by Gasteiger charge is 2.42. The number of hydrogen-bond acceptors (Lipinski definition) is 2. The highest BCUT2D eigenvalue weighted by Crippen LogP contribution is 2.30. The van der Waals surface area contributed by atoms with E-state index in [-0.39, 0.29) is 5.54 Å². The largest absolute Gasteiger partial charge is 0.277 e. The van der Waals surface area contributed by atoms with E-state index in [2.05, 4.69) is 0 Å². The average molecular weight is 164 g/mol. The number of nitrogens with zero attached hydrogens (tertiary/aromatic N) is 1. The quantitative estimate of drug-likeness (QED) is 0.577. The molecular formula is C5H12N2O2S. The molecule has 5 heteroatoms. The van der Waals surface area contributed by atoms with Gasteiger partial charge in [-0.05, 0) is 20.3 Å². The van der Waals surface area contributed by atoms with Crippen LogP contribution in [-0.4, -0.2) is 24.8 Å². The van der Waals surface area contributed by atoms with E-state index in [1.807, 2.05) is 13.8 Å². The maximum Gasteiger partial charge on any atom is 0.277 e. The van der Waals surface area contributed by atoms with E-state index in [0.29, 0.717) is 6.54 Å². The predicted molar refractivity (Wildman–Crippen MR) is 38.5 cm³/mol. The van der Waals surface area contributed by atoms with Crippen molar-refractivity contribution >= 4 is 10.2 Å². The fourth-order valence-corrected chi connectivity index (χ4v) is 2.25. The lowest BCUT2D eigenvalue weighted by atomic mass is 9.93. The van der Waals surface area contributed by atoms with Crippen LogP contribution in [0.25, 0.3) is 0 Å². The number of nitrogens with two attached hydrogens (primary N) is 1. The Bertz CT molecular complexity index is 232. The van der Waals surface area contributed by atoms with Crippen molar-refractivity contribution in [1.29, 1.82) is 0 Å². The summed E-state index contributed by atoms with van der Waals surface area (Å²) in [5.74, 6) is 0. The van der Waals surface area contributed by atoms with Crippen molar-refractivity contribution < 1.29 is 8.42 Å². The molecule has 1 fully saturated rings. The normalized spacial score (nSPS) is 25.9. The second kappa shape index (κ2) is 1.93. The Kier molecular flexibility index (Phi) is 1.54. The Morgan fingerprint density at radius 1 is 1.50 bits per heavy atom. The van der Waals surface area contributed by atoms with Gasteiger partial charge in [-0.1, -0.05) is 0 Å². The molecule has 0 bridgehead atoms. The summed E-state index contributed by atoms with van der Waals surface area (Å²) in [6, 6.07) is 0. The third kappa shape index (κ3) is 1.16. The van der Waals surface area contributed by atoms with E-state index < -0.39 is 10.2 Å². The van der Waals surface area contributed by atoms with E-state index in [1.165, 1.54) is 4.31 Å². The van der Waals surface area contributed by atoms with Gasteiger partial charge in [0.2, 0.25) is 0 Å². The summed E-state index contributed by atoms with van der Waals surface area (Å²) in [7, 11) is -3.44. The van der Waals surface area contributed by atoms with Crippen molar-refractivity contribution in [2.75, 3.05) is 6.54 Å². The minimum atomic E-state index is -3.44. The highest BCUT2D eigenvalue weighted by molar-refractivity contribution is 7.86. The van der Waals surface area contributed by atoms with Crippen molar-refractivity contribution in [1.82, 2.24) is 4.31 Å². The summed E-state index contributed by atoms with van der Waals surface area (Å²) in [5, 5.41) is 4.91. The predicted octanol–water partition coefficient (Wildman–Crippen LogP) is -0.326. The Balaban J connectivity index is 2.80. The van der Waals surface area contributed by atoms with Crippen LogP contribution in [0.4, 0.5) is 0 Å². The second-order valence-corrected chi connectivity index (χ2v) is 4.65. The van der Waals surface area contributed by atoms with Crippen molar-refractivity contribution in [2.45, 2.75) is 25.8 Å². The Morgan fingerprint density at radius 2 is 2.00 bits per heavy atom. The smallest absolute Gasteiger partial charge is 0.216 e. The molecule has 0 atom stereocenters. The van der Waals surface area contributed by atoms with Gasteiger partial charge in [-0.2, -0.15) is 12.7 Å². The summed E-state index contributed by atoms with van der Waals surface area (Å²) in [6.07, 6.45) is 0.892. The minimum absolute atomic E-state index is 0.256. The summed E-state index contributed by atoms with van der Waals surface area (Å²) < 4.78 is 22.8. The van der Waals surface area contributed by atoms with Crippen LogP contribution in [0.5, 0.6) is 0 Å². The zero-order valence-electron chi connectivity index (χ0n) is 6.16. The summed E-state index contributed by atoms with van der Waals surface area (Å²) in [4.78, 5) is 0. The number of rotatable bonds is 1. The van der Waals surface area contributed by atoms with Crippen molar-refractivity contribution in [3.8, 4) is 0 Å². The van der Waals surface area contributed by atoms with E-state index >= 15 is 0 Å². The molecule has 1 aliphatic heterocycles. The van der Waals surface area contributed by atoms with Gasteiger partial charge >= 0.3 is 0 Å². The van der Waals surface area contributed by atoms with Gasteiger partial charge in [-0.3, -0.25) is 0 Å². The molecule has 1 heterocycles. The molecule has 0 saturated carbocycles. The van der Waals surface area contributed by atoms with Crippen LogP contribution in [0, 0.1) is 0 Å². The maximum atomic E-state index is 10.7. The monoisotopic (exact) mass is 164 g/mol. The summed E-state index contributed by atoms with van der Waals surface area (Å²) >= 11 is 0. The van der Waals surface area contributed by atoms with Crippen LogP contribution in [0.2, 0.25) is 0 Å². The molecule has 1 rings (SSSR count). The molecule has 0 spiro atoms. The first-order valence-electron chi connectivity index (χ1n) is 3.14. The van der Waals surface area contributed by atoms with Gasteiger partial charge in [-0.25, -0.2) is 5.14 Å². The fourth-order valence-electron chi connectivity index (χ4n) is 1.12. The van der Waals surface area contributed by atoms with Crippen molar-refractivity contribution in [2.24, 2.45) is 5.14 Å². The van der Waals surface area contributed by atoms with Crippen LogP contribution in [0.1, 0.15) is 20.3 Å². The third-order valence-corrected chi connectivity index (χ3v) is 3.20. The van der Waals surface area contributed by atoms with Crippen molar-refractivity contribution in [3.05, 3.63) is 0 Å². The molecule has 2 N–H and O–H groups in total. The molecule has 0 aromatic rings. The van der Waals surface area contributed by atoms with Gasteiger partial charge in [0, 0.05) is 12.1 Å². The molecule has 1 aliphatic rings. The van der Waals surface area contributed by atoms with Gasteiger partial charge in [-0.15, -0.1) is 0 Å². The SMILES string of the molecule is CC1(C)CCN1S(N)(=O)=O. The lowest BCUT2D eigenvalue weighted by molar-refractivity contribution is 0.110. The highest BCUT2D eigenvalue weighted by atomic mass is 32.2. The maximum absolute atomic E-state index is 10.7. The molecule has 0 aliphatic carbocycles. The number of hydrogen-bond donors (Lipinski definition) is 1. The topological polar surface area (TPSA) is 63.4 Å². The molecule has 0 aromatic heterocycles. The molecule has 10 heavy (non-hydrogen) atoms. The first-order chi connectivity index (χ1) is 4.34. The molecule has 0 amide bonds. The molecule has 0 unspecified atom stereocenters. The lowest BCUT2D eigenvalue weighted by Crippen LogP contribution is -2.60. The summed E-state index contributed by atoms with van der Waals surface area (Å²) in [5.41, 5.74) is -0.256. The van der Waals surface area contributed by atoms with E-state index in [0.717, 1.165) is 6.42 Å². The average Bonchev–Trinajstić information content (AvgIpc) is 1.58. The standard InChI is InChI=1S/C5H12N2O2S/c1-5(2)3-4-7(5)10(6,8)9/h3-4H2,1-2H3,(H2,6,8,9). The van der Waals surface area contributed by atoms with Gasteiger partial charge < -0.3 is 0 Å². The third-order valence-electron chi connectivity index (χ3n) is 1.91. The van der Waals surface area contributed by atoms with Crippen LogP contribution in [-0.2, 0) is 10.2 Å². The lowest BCUT2D eigenvalue weighted by Gasteiger charge is -2.45. The van der Waals surface area contributed by atoms with Gasteiger partial charge in [0.25, 0.3) is 10.2 Å². The molecule has 1 saturated heterocycles. The fraction of sp³-hybridized carbons (Fsp3) is 1.00. The van der Waals surface area contributed by atoms with Crippen LogP contribution < -0.4 is 5.14 Å². The first kappa shape index (κ1) is 7.97. The molecule has 60 valence electrons. The Hall–Kier alpha value is -0.130. The van der Waals surface area contributed by atoms with E-state index in [4.69, 9.17) is 5.14 Å². The van der Waals surface area contributed by atoms with Gasteiger partial charge in [0.15, 0.2) is 0 Å². The van der Waals surface area contributed by atoms with Gasteiger partial charge in [0.05, 0.1) is 0 Å². The zero-order chi connectivity index (χ0) is 7.99. The van der Waals surface area contributed by atoms with E-state index in [1.54, 1.807) is 0 Å². The minimum Gasteiger partial charge on any atom is -0.216 e. The molecule has 0 radical (unpaired) electrons. The van der Waals surface area contributed by atoms with E-state index in [9.17, 15) is 8.42 Å².